The molecule has 2 N–H and O–H groups in total. The number of nitrogens with zero attached hydrogens (tertiary/aromatic N) is 1. The van der Waals surface area contributed by atoms with Crippen molar-refractivity contribution in [1.82, 2.24) is 0 Å². The van der Waals surface area contributed by atoms with E-state index >= 15 is 0 Å². The lowest BCUT2D eigenvalue weighted by molar-refractivity contribution is -0.137. The van der Waals surface area contributed by atoms with E-state index in [9.17, 15) is 4.79 Å². The average molecular weight is 190 g/mol. The van der Waals surface area contributed by atoms with Crippen LogP contribution in [0.1, 0.15) is 12.0 Å². The van der Waals surface area contributed by atoms with Crippen LogP contribution in [0.5, 0.6) is 0 Å². The van der Waals surface area contributed by atoms with E-state index < -0.39 is 5.97 Å². The van der Waals surface area contributed by atoms with Crippen LogP contribution >= 0.6 is 0 Å². The Morgan fingerprint density at radius 2 is 2.29 bits per heavy atom. The van der Waals surface area contributed by atoms with Gasteiger partial charge < -0.3 is 10.4 Å². The van der Waals surface area contributed by atoms with Gasteiger partial charge in [0.1, 0.15) is 6.17 Å². The van der Waals surface area contributed by atoms with E-state index in [1.165, 1.54) is 0 Å². The molecule has 0 aliphatic carbocycles. The summed E-state index contributed by atoms with van der Waals surface area (Å²) >= 11 is 0. The number of hydrogen-bond donors (Lipinski definition) is 2. The van der Waals surface area contributed by atoms with E-state index in [0.29, 0.717) is 0 Å². The molecule has 4 heteroatoms. The summed E-state index contributed by atoms with van der Waals surface area (Å²) in [7, 11) is 0. The lowest BCUT2D eigenvalue weighted by atomic mass is 10.1. The van der Waals surface area contributed by atoms with Crippen LogP contribution in [0.2, 0.25) is 0 Å². The highest BCUT2D eigenvalue weighted by Gasteiger charge is 2.15. The van der Waals surface area contributed by atoms with Crippen LogP contribution in [-0.2, 0) is 4.79 Å². The van der Waals surface area contributed by atoms with Gasteiger partial charge in [0.2, 0.25) is 0 Å². The Hall–Kier alpha value is -1.84. The van der Waals surface area contributed by atoms with Gasteiger partial charge in [0.25, 0.3) is 0 Å². The molecule has 1 unspecified atom stereocenters. The van der Waals surface area contributed by atoms with Crippen molar-refractivity contribution in [1.29, 1.82) is 0 Å². The van der Waals surface area contributed by atoms with Crippen LogP contribution in [-0.4, -0.2) is 23.5 Å². The molecule has 0 fully saturated rings. The van der Waals surface area contributed by atoms with Crippen LogP contribution in [0.25, 0.3) is 0 Å². The molecule has 0 saturated heterocycles. The highest BCUT2D eigenvalue weighted by molar-refractivity contribution is 5.90. The first-order valence-corrected chi connectivity index (χ1v) is 4.36. The maximum absolute atomic E-state index is 10.5. The topological polar surface area (TPSA) is 61.7 Å². The summed E-state index contributed by atoms with van der Waals surface area (Å²) in [6, 6.07) is 7.67. The number of benzene rings is 1. The number of anilines is 1. The van der Waals surface area contributed by atoms with Gasteiger partial charge in [0.05, 0.1) is 6.42 Å². The summed E-state index contributed by atoms with van der Waals surface area (Å²) in [5.41, 5.74) is 1.93. The Morgan fingerprint density at radius 3 is 3.07 bits per heavy atom. The summed E-state index contributed by atoms with van der Waals surface area (Å²) in [6.07, 6.45) is 1.37. The summed E-state index contributed by atoms with van der Waals surface area (Å²) in [5, 5.41) is 11.6. The molecule has 1 atom stereocenters. The minimum atomic E-state index is -0.848. The minimum absolute atomic E-state index is 0.00480. The molecular weight excluding hydrogens is 180 g/mol. The molecule has 0 radical (unpaired) electrons. The second-order valence-electron chi connectivity index (χ2n) is 3.12. The van der Waals surface area contributed by atoms with Gasteiger partial charge in [-0.2, -0.15) is 0 Å². The third-order valence-corrected chi connectivity index (χ3v) is 2.04. The van der Waals surface area contributed by atoms with Gasteiger partial charge in [-0.3, -0.25) is 9.79 Å². The minimum Gasteiger partial charge on any atom is -0.481 e. The second-order valence-corrected chi connectivity index (χ2v) is 3.12. The largest absolute Gasteiger partial charge is 0.481 e. The molecule has 1 aliphatic heterocycles. The normalized spacial score (nSPS) is 18.4. The van der Waals surface area contributed by atoms with Crippen molar-refractivity contribution in [2.75, 3.05) is 5.32 Å². The predicted octanol–water partition coefficient (Wildman–Crippen LogP) is 1.33. The molecule has 72 valence electrons. The smallest absolute Gasteiger partial charge is 0.307 e. The van der Waals surface area contributed by atoms with E-state index in [1.54, 1.807) is 6.21 Å². The van der Waals surface area contributed by atoms with E-state index in [-0.39, 0.29) is 12.6 Å². The van der Waals surface area contributed by atoms with Gasteiger partial charge in [-0.25, -0.2) is 0 Å². The number of rotatable bonds is 2. The van der Waals surface area contributed by atoms with Gasteiger partial charge in [-0.05, 0) is 6.07 Å². The first-order chi connectivity index (χ1) is 6.75. The molecule has 0 bridgehead atoms. The number of aliphatic imine (C=N–C) groups is 1. The van der Waals surface area contributed by atoms with Crippen LogP contribution < -0.4 is 5.32 Å². The summed E-state index contributed by atoms with van der Waals surface area (Å²) < 4.78 is 0. The van der Waals surface area contributed by atoms with E-state index in [2.05, 4.69) is 10.3 Å². The maximum atomic E-state index is 10.5. The van der Waals surface area contributed by atoms with Crippen molar-refractivity contribution in [2.24, 2.45) is 4.99 Å². The van der Waals surface area contributed by atoms with Crippen molar-refractivity contribution < 1.29 is 9.90 Å². The fraction of sp³-hybridized carbons (Fsp3) is 0.200. The lowest BCUT2D eigenvalue weighted by Gasteiger charge is -2.19. The molecule has 1 heterocycles. The van der Waals surface area contributed by atoms with Crippen molar-refractivity contribution in [3.63, 3.8) is 0 Å². The third kappa shape index (κ3) is 1.74. The molecule has 0 amide bonds. The third-order valence-electron chi connectivity index (χ3n) is 2.04. The zero-order valence-electron chi connectivity index (χ0n) is 7.47. The van der Waals surface area contributed by atoms with Gasteiger partial charge in [-0.1, -0.05) is 18.2 Å². The second kappa shape index (κ2) is 3.49. The van der Waals surface area contributed by atoms with Crippen LogP contribution in [0.4, 0.5) is 5.69 Å². The number of hydrogen-bond acceptors (Lipinski definition) is 3. The molecule has 1 aromatic rings. The quantitative estimate of drug-likeness (QED) is 0.739. The Bertz CT molecular complexity index is 387. The van der Waals surface area contributed by atoms with Crippen molar-refractivity contribution in [2.45, 2.75) is 12.6 Å². The highest BCUT2D eigenvalue weighted by atomic mass is 16.4. The number of aliphatic carboxylic acids is 1. The number of carboxylic acid groups (broad SMARTS) is 1. The Labute approximate surface area is 81.3 Å². The number of nitrogens with one attached hydrogen (secondary N) is 1. The van der Waals surface area contributed by atoms with Gasteiger partial charge in [-0.15, -0.1) is 0 Å². The Balaban J connectivity index is 2.17. The first kappa shape index (κ1) is 8.74. The standard InChI is InChI=1S/C10H10N2O2/c13-10(14)5-9-11-6-7-3-1-2-4-8(7)12-9/h1-4,6,9,12H,5H2,(H,13,14). The number of carboxylic acids is 1. The van der Waals surface area contributed by atoms with Crippen LogP contribution in [0, 0.1) is 0 Å². The molecule has 1 aromatic carbocycles. The summed E-state index contributed by atoms with van der Waals surface area (Å²) in [4.78, 5) is 14.6. The predicted molar refractivity (Wildman–Crippen MR) is 53.7 cm³/mol. The van der Waals surface area contributed by atoms with Crippen LogP contribution in [0.15, 0.2) is 29.3 Å². The summed E-state index contributed by atoms with van der Waals surface area (Å²) in [6.45, 7) is 0. The van der Waals surface area contributed by atoms with E-state index in [0.717, 1.165) is 11.3 Å². The Morgan fingerprint density at radius 1 is 1.50 bits per heavy atom. The molecule has 0 spiro atoms. The Kier molecular flexibility index (Phi) is 2.18. The van der Waals surface area contributed by atoms with E-state index in [1.807, 2.05) is 24.3 Å². The number of para-hydroxylation sites is 1. The summed E-state index contributed by atoms with van der Waals surface area (Å²) in [5.74, 6) is -0.848. The fourth-order valence-corrected chi connectivity index (χ4v) is 1.40. The van der Waals surface area contributed by atoms with Crippen molar-refractivity contribution in [3.05, 3.63) is 29.8 Å². The lowest BCUT2D eigenvalue weighted by Crippen LogP contribution is -2.24. The molecule has 2 rings (SSSR count). The zero-order valence-corrected chi connectivity index (χ0v) is 7.47. The average Bonchev–Trinajstić information content (AvgIpc) is 2.17. The monoisotopic (exact) mass is 190 g/mol. The van der Waals surface area contributed by atoms with Gasteiger partial charge in [0, 0.05) is 17.5 Å². The molecule has 0 saturated carbocycles. The van der Waals surface area contributed by atoms with Crippen molar-refractivity contribution >= 4 is 17.9 Å². The van der Waals surface area contributed by atoms with E-state index in [4.69, 9.17) is 5.11 Å². The van der Waals surface area contributed by atoms with Crippen molar-refractivity contribution in [3.8, 4) is 0 Å². The molecule has 1 aliphatic rings. The molecule has 14 heavy (non-hydrogen) atoms. The molecular formula is C10H10N2O2. The SMILES string of the molecule is O=C(O)CC1N=Cc2ccccc2N1. The van der Waals surface area contributed by atoms with Crippen LogP contribution in [0.3, 0.4) is 0 Å². The number of carbonyl (C=O) groups is 1. The van der Waals surface area contributed by atoms with Gasteiger partial charge in [0.15, 0.2) is 0 Å². The molecule has 0 aromatic heterocycles. The fourth-order valence-electron chi connectivity index (χ4n) is 1.40. The molecule has 4 nitrogen and oxygen atoms in total. The number of fused-ring (bicyclic) bond motifs is 1. The maximum Gasteiger partial charge on any atom is 0.307 e. The van der Waals surface area contributed by atoms with Gasteiger partial charge >= 0.3 is 5.97 Å². The zero-order chi connectivity index (χ0) is 9.97. The highest BCUT2D eigenvalue weighted by Crippen LogP contribution is 2.19. The first-order valence-electron chi connectivity index (χ1n) is 4.36.